The maximum Gasteiger partial charge on any atom is 0.411 e. The van der Waals surface area contributed by atoms with Crippen LogP contribution in [0.4, 0.5) is 13.2 Å². The Labute approximate surface area is 169 Å². The summed E-state index contributed by atoms with van der Waals surface area (Å²) in [6, 6.07) is 12.6. The lowest BCUT2D eigenvalue weighted by Gasteiger charge is -2.08. The fourth-order valence-corrected chi connectivity index (χ4v) is 4.32. The molecule has 0 saturated carbocycles. The predicted octanol–water partition coefficient (Wildman–Crippen LogP) is 5.87. The molecule has 3 rings (SSSR count). The average molecular weight is 428 g/mol. The number of fused-ring (bicyclic) bond motifs is 1. The fraction of sp³-hybridized carbons (Fsp3) is 0.250. The highest BCUT2D eigenvalue weighted by atomic mass is 35.5. The van der Waals surface area contributed by atoms with E-state index in [1.165, 1.54) is 11.3 Å². The number of hydrogen-bond acceptors (Lipinski definition) is 3. The highest BCUT2D eigenvalue weighted by molar-refractivity contribution is 7.21. The normalized spacial score (nSPS) is 11.8. The van der Waals surface area contributed by atoms with Gasteiger partial charge >= 0.3 is 6.18 Å². The molecule has 0 radical (unpaired) electrons. The van der Waals surface area contributed by atoms with Gasteiger partial charge in [-0.25, -0.2) is 0 Å². The third-order valence-corrected chi connectivity index (χ3v) is 5.73. The molecule has 0 aliphatic rings. The number of rotatable bonds is 6. The summed E-state index contributed by atoms with van der Waals surface area (Å²) in [4.78, 5) is 13.0. The van der Waals surface area contributed by atoms with Gasteiger partial charge in [-0.2, -0.15) is 13.2 Å². The van der Waals surface area contributed by atoms with Crippen molar-refractivity contribution in [1.82, 2.24) is 5.32 Å². The van der Waals surface area contributed by atoms with Crippen molar-refractivity contribution in [1.29, 1.82) is 0 Å². The summed E-state index contributed by atoms with van der Waals surface area (Å²) in [5.41, 5.74) is 2.46. The number of amides is 1. The highest BCUT2D eigenvalue weighted by Gasteiger charge is 2.27. The second kappa shape index (κ2) is 8.51. The number of thiophene rings is 1. The van der Waals surface area contributed by atoms with Crippen molar-refractivity contribution < 1.29 is 22.7 Å². The molecule has 0 saturated heterocycles. The van der Waals surface area contributed by atoms with E-state index in [2.05, 4.69) is 10.1 Å². The highest BCUT2D eigenvalue weighted by Crippen LogP contribution is 2.37. The van der Waals surface area contributed by atoms with E-state index in [1.807, 2.05) is 25.1 Å². The Hall–Kier alpha value is -2.09. The maximum absolute atomic E-state index is 12.5. The summed E-state index contributed by atoms with van der Waals surface area (Å²) in [6.45, 7) is 0.831. The summed E-state index contributed by atoms with van der Waals surface area (Å²) >= 11 is 7.74. The maximum atomic E-state index is 12.5. The van der Waals surface area contributed by atoms with E-state index in [0.717, 1.165) is 21.2 Å². The lowest BCUT2D eigenvalue weighted by molar-refractivity contribution is -0.176. The van der Waals surface area contributed by atoms with Crippen LogP contribution in [0.5, 0.6) is 0 Å². The lowest BCUT2D eigenvalue weighted by atomic mass is 10.1. The van der Waals surface area contributed by atoms with E-state index in [1.54, 1.807) is 24.3 Å². The molecule has 0 aliphatic heterocycles. The zero-order valence-electron chi connectivity index (χ0n) is 14.9. The summed E-state index contributed by atoms with van der Waals surface area (Å²) in [6.07, 6.45) is -4.34. The summed E-state index contributed by atoms with van der Waals surface area (Å²) < 4.78 is 41.8. The van der Waals surface area contributed by atoms with Crippen LogP contribution in [0.15, 0.2) is 42.5 Å². The molecule has 0 spiro atoms. The number of ether oxygens (including phenoxy) is 1. The van der Waals surface area contributed by atoms with E-state index in [-0.39, 0.29) is 19.1 Å². The largest absolute Gasteiger partial charge is 0.411 e. The van der Waals surface area contributed by atoms with E-state index in [4.69, 9.17) is 11.6 Å². The number of carbonyl (C=O) groups excluding carboxylic acids is 1. The summed E-state index contributed by atoms with van der Waals surface area (Å²) in [5, 5.41) is 4.17. The van der Waals surface area contributed by atoms with E-state index >= 15 is 0 Å². The minimum atomic E-state index is -4.34. The van der Waals surface area contributed by atoms with Crippen LogP contribution in [-0.2, 0) is 17.9 Å². The molecule has 3 aromatic rings. The van der Waals surface area contributed by atoms with Crippen LogP contribution in [-0.4, -0.2) is 18.7 Å². The number of halogens is 4. The van der Waals surface area contributed by atoms with Gasteiger partial charge in [0.05, 0.1) is 11.6 Å². The van der Waals surface area contributed by atoms with Crippen molar-refractivity contribution in [2.24, 2.45) is 0 Å². The van der Waals surface area contributed by atoms with Crippen molar-refractivity contribution in [3.05, 3.63) is 69.1 Å². The van der Waals surface area contributed by atoms with Crippen LogP contribution in [0.1, 0.15) is 26.4 Å². The molecule has 1 heterocycles. The number of carbonyl (C=O) groups is 1. The Morgan fingerprint density at radius 2 is 1.82 bits per heavy atom. The molecular weight excluding hydrogens is 411 g/mol. The summed E-state index contributed by atoms with van der Waals surface area (Å²) in [5.74, 6) is -0.261. The third kappa shape index (κ3) is 5.04. The van der Waals surface area contributed by atoms with Crippen LogP contribution < -0.4 is 5.32 Å². The van der Waals surface area contributed by atoms with Gasteiger partial charge in [-0.1, -0.05) is 48.0 Å². The molecule has 1 amide bonds. The molecule has 28 heavy (non-hydrogen) atoms. The van der Waals surface area contributed by atoms with E-state index < -0.39 is 12.8 Å². The van der Waals surface area contributed by atoms with Gasteiger partial charge in [0.1, 0.15) is 11.5 Å². The molecule has 148 valence electrons. The molecule has 1 aromatic heterocycles. The first-order valence-corrected chi connectivity index (χ1v) is 9.62. The Morgan fingerprint density at radius 3 is 2.46 bits per heavy atom. The fourth-order valence-electron chi connectivity index (χ4n) is 2.72. The van der Waals surface area contributed by atoms with Crippen LogP contribution in [0.3, 0.4) is 0 Å². The van der Waals surface area contributed by atoms with Crippen LogP contribution in [0.2, 0.25) is 5.02 Å². The van der Waals surface area contributed by atoms with Crippen molar-refractivity contribution in [3.63, 3.8) is 0 Å². The Morgan fingerprint density at radius 1 is 1.14 bits per heavy atom. The van der Waals surface area contributed by atoms with Gasteiger partial charge in [-0.05, 0) is 29.7 Å². The molecule has 2 aromatic carbocycles. The molecule has 0 aliphatic carbocycles. The molecule has 0 unspecified atom stereocenters. The zero-order valence-corrected chi connectivity index (χ0v) is 16.5. The second-order valence-corrected chi connectivity index (χ2v) is 7.73. The average Bonchev–Trinajstić information content (AvgIpc) is 2.98. The number of hydrogen-bond donors (Lipinski definition) is 1. The predicted molar refractivity (Wildman–Crippen MR) is 105 cm³/mol. The topological polar surface area (TPSA) is 38.3 Å². The molecule has 3 nitrogen and oxygen atoms in total. The van der Waals surface area contributed by atoms with Crippen molar-refractivity contribution >= 4 is 38.9 Å². The van der Waals surface area contributed by atoms with Crippen LogP contribution >= 0.6 is 22.9 Å². The number of aryl methyl sites for hydroxylation is 1. The number of benzene rings is 2. The van der Waals surface area contributed by atoms with Crippen LogP contribution in [0, 0.1) is 6.92 Å². The molecule has 8 heteroatoms. The van der Waals surface area contributed by atoms with Gasteiger partial charge in [0.25, 0.3) is 5.91 Å². The molecule has 0 atom stereocenters. The number of nitrogens with one attached hydrogen (secondary N) is 1. The van der Waals surface area contributed by atoms with Crippen molar-refractivity contribution in [3.8, 4) is 0 Å². The first-order chi connectivity index (χ1) is 13.2. The molecule has 0 fully saturated rings. The standard InChI is InChI=1S/C20H17ClF3NO2S/c1-12-3-2-4-15-16(12)17(21)18(28-15)19(26)25-9-13-5-7-14(8-6-13)10-27-11-20(22,23)24/h2-8H,9-11H2,1H3,(H,25,26). The van der Waals surface area contributed by atoms with Gasteiger partial charge in [-0.15, -0.1) is 11.3 Å². The lowest BCUT2D eigenvalue weighted by Crippen LogP contribution is -2.22. The minimum Gasteiger partial charge on any atom is -0.367 e. The van der Waals surface area contributed by atoms with Crippen LogP contribution in [0.25, 0.3) is 10.1 Å². The van der Waals surface area contributed by atoms with Gasteiger partial charge in [0, 0.05) is 16.6 Å². The van der Waals surface area contributed by atoms with Gasteiger partial charge < -0.3 is 10.1 Å². The molecule has 1 N–H and O–H groups in total. The SMILES string of the molecule is Cc1cccc2sc(C(=O)NCc3ccc(COCC(F)(F)F)cc3)c(Cl)c12. The first kappa shape index (κ1) is 20.6. The smallest absolute Gasteiger partial charge is 0.367 e. The summed E-state index contributed by atoms with van der Waals surface area (Å²) in [7, 11) is 0. The van der Waals surface area contributed by atoms with Gasteiger partial charge in [-0.3, -0.25) is 4.79 Å². The zero-order chi connectivity index (χ0) is 20.3. The third-order valence-electron chi connectivity index (χ3n) is 4.08. The first-order valence-electron chi connectivity index (χ1n) is 8.43. The van der Waals surface area contributed by atoms with Crippen molar-refractivity contribution in [2.45, 2.75) is 26.3 Å². The number of alkyl halides is 3. The van der Waals surface area contributed by atoms with Crippen molar-refractivity contribution in [2.75, 3.05) is 6.61 Å². The van der Waals surface area contributed by atoms with E-state index in [9.17, 15) is 18.0 Å². The Bertz CT molecular complexity index is 984. The minimum absolute atomic E-state index is 0.122. The second-order valence-electron chi connectivity index (χ2n) is 6.30. The Kier molecular flexibility index (Phi) is 6.27. The molecular formula is C20H17ClF3NO2S. The monoisotopic (exact) mass is 427 g/mol. The Balaban J connectivity index is 1.59. The molecule has 0 bridgehead atoms. The quantitative estimate of drug-likeness (QED) is 0.534. The van der Waals surface area contributed by atoms with Gasteiger partial charge in [0.15, 0.2) is 0 Å². The van der Waals surface area contributed by atoms with Gasteiger partial charge in [0.2, 0.25) is 0 Å². The van der Waals surface area contributed by atoms with E-state index in [0.29, 0.717) is 15.5 Å².